The van der Waals surface area contributed by atoms with Crippen LogP contribution in [0.2, 0.25) is 18.1 Å². The quantitative estimate of drug-likeness (QED) is 0.464. The number of carbonyl (C=O) groups is 4. The van der Waals surface area contributed by atoms with E-state index in [-0.39, 0.29) is 24.5 Å². The molecule has 1 unspecified atom stereocenters. The number of rotatable bonds is 8. The molecule has 0 saturated carbocycles. The van der Waals surface area contributed by atoms with Crippen molar-refractivity contribution in [3.63, 3.8) is 0 Å². The molecule has 0 bridgehead atoms. The molecule has 176 valence electrons. The fourth-order valence-electron chi connectivity index (χ4n) is 2.77. The van der Waals surface area contributed by atoms with Gasteiger partial charge in [-0.1, -0.05) is 51.1 Å². The molecule has 2 atom stereocenters. The highest BCUT2D eigenvalue weighted by Crippen LogP contribution is 2.37. The van der Waals surface area contributed by atoms with Crippen LogP contribution in [0.4, 0.5) is 4.79 Å². The van der Waals surface area contributed by atoms with Crippen LogP contribution >= 0.6 is 0 Å². The fourth-order valence-corrected chi connectivity index (χ4v) is 4.19. The van der Waals surface area contributed by atoms with E-state index in [4.69, 9.17) is 14.0 Å². The first kappa shape index (κ1) is 25.5. The Morgan fingerprint density at radius 2 is 1.66 bits per heavy atom. The minimum absolute atomic E-state index is 0.00894. The molecule has 1 heterocycles. The first-order valence-electron chi connectivity index (χ1n) is 10.5. The summed E-state index contributed by atoms with van der Waals surface area (Å²) in [5.41, 5.74) is 0.778. The van der Waals surface area contributed by atoms with Gasteiger partial charge in [0.05, 0.1) is 6.10 Å². The Bertz CT molecular complexity index is 836. The molecule has 1 fully saturated rings. The van der Waals surface area contributed by atoms with Crippen molar-refractivity contribution in [3.8, 4) is 0 Å². The van der Waals surface area contributed by atoms with Crippen LogP contribution in [0.1, 0.15) is 46.1 Å². The second-order valence-electron chi connectivity index (χ2n) is 9.26. The Labute approximate surface area is 189 Å². The maximum atomic E-state index is 12.9. The van der Waals surface area contributed by atoms with Gasteiger partial charge in [-0.2, -0.15) is 0 Å². The average Bonchev–Trinajstić information content (AvgIpc) is 3.02. The number of imide groups is 1. The third-order valence-electron chi connectivity index (χ3n) is 5.68. The summed E-state index contributed by atoms with van der Waals surface area (Å²) in [5.74, 6) is -2.19. The summed E-state index contributed by atoms with van der Waals surface area (Å²) in [6.45, 7) is 11.8. The maximum Gasteiger partial charge on any atom is 0.408 e. The van der Waals surface area contributed by atoms with Gasteiger partial charge in [-0.25, -0.2) is 9.59 Å². The predicted octanol–water partition coefficient (Wildman–Crippen LogP) is 3.30. The van der Waals surface area contributed by atoms with Crippen molar-refractivity contribution >= 4 is 32.2 Å². The summed E-state index contributed by atoms with van der Waals surface area (Å²) in [4.78, 5) is 54.0. The number of amides is 3. The van der Waals surface area contributed by atoms with E-state index < -0.39 is 44.3 Å². The first-order valence-corrected chi connectivity index (χ1v) is 13.5. The van der Waals surface area contributed by atoms with Gasteiger partial charge in [0.15, 0.2) is 14.4 Å². The number of hydroxylamine groups is 2. The van der Waals surface area contributed by atoms with Gasteiger partial charge in [0.25, 0.3) is 11.8 Å². The topological polar surface area (TPSA) is 111 Å². The summed E-state index contributed by atoms with van der Waals surface area (Å²) >= 11 is 0. The lowest BCUT2D eigenvalue weighted by Gasteiger charge is -2.39. The number of nitrogens with one attached hydrogen (secondary N) is 1. The van der Waals surface area contributed by atoms with Crippen LogP contribution in [0.5, 0.6) is 0 Å². The first-order chi connectivity index (χ1) is 14.8. The molecule has 1 aliphatic heterocycles. The van der Waals surface area contributed by atoms with Gasteiger partial charge in [0.1, 0.15) is 6.61 Å². The lowest BCUT2D eigenvalue weighted by Crippen LogP contribution is -2.55. The zero-order valence-corrected chi connectivity index (χ0v) is 20.5. The summed E-state index contributed by atoms with van der Waals surface area (Å²) < 4.78 is 11.5. The average molecular weight is 465 g/mol. The number of carbonyl (C=O) groups excluding carboxylic acids is 4. The van der Waals surface area contributed by atoms with Crippen LogP contribution in [0, 0.1) is 0 Å². The Morgan fingerprint density at radius 3 is 2.19 bits per heavy atom. The third-order valence-corrected chi connectivity index (χ3v) is 10.3. The van der Waals surface area contributed by atoms with Crippen molar-refractivity contribution in [2.24, 2.45) is 0 Å². The van der Waals surface area contributed by atoms with Crippen molar-refractivity contribution in [2.45, 2.75) is 77.4 Å². The molecular formula is C22H32N2O7Si. The van der Waals surface area contributed by atoms with E-state index in [2.05, 4.69) is 5.32 Å². The normalized spacial score (nSPS) is 16.5. The molecule has 1 saturated heterocycles. The SMILES string of the molecule is CC(O[Si](C)(C)C(C)(C)C)[C@H](NC(=O)OCc1ccccc1)C(=O)ON1C(=O)CCC1=O. The molecule has 2 rings (SSSR count). The summed E-state index contributed by atoms with van der Waals surface area (Å²) in [5, 5.41) is 2.78. The standard InChI is InChI=1S/C22H32N2O7Si/c1-15(31-32(5,6)22(2,3)4)19(20(27)30-24-17(25)12-13-18(24)26)23-21(28)29-14-16-10-8-7-9-11-16/h7-11,15,19H,12-14H2,1-6H3,(H,23,28)/t15?,19-/m0/s1. The smallest absolute Gasteiger partial charge is 0.408 e. The highest BCUT2D eigenvalue weighted by atomic mass is 28.4. The minimum atomic E-state index is -2.32. The number of hydrogen-bond donors (Lipinski definition) is 1. The van der Waals surface area contributed by atoms with Crippen LogP contribution < -0.4 is 5.32 Å². The van der Waals surface area contributed by atoms with Gasteiger partial charge in [-0.15, -0.1) is 5.06 Å². The van der Waals surface area contributed by atoms with Crippen LogP contribution in [0.25, 0.3) is 0 Å². The van der Waals surface area contributed by atoms with Crippen molar-refractivity contribution in [3.05, 3.63) is 35.9 Å². The molecule has 1 aliphatic rings. The Balaban J connectivity index is 2.13. The van der Waals surface area contributed by atoms with Crippen molar-refractivity contribution in [1.82, 2.24) is 10.4 Å². The molecule has 0 aliphatic carbocycles. The number of nitrogens with zero attached hydrogens (tertiary/aromatic N) is 1. The molecule has 10 heteroatoms. The number of ether oxygens (including phenoxy) is 1. The van der Waals surface area contributed by atoms with E-state index >= 15 is 0 Å². The van der Waals surface area contributed by atoms with E-state index in [1.54, 1.807) is 19.1 Å². The van der Waals surface area contributed by atoms with Crippen LogP contribution in [-0.2, 0) is 35.0 Å². The van der Waals surface area contributed by atoms with Crippen molar-refractivity contribution in [1.29, 1.82) is 0 Å². The molecule has 0 aromatic heterocycles. The van der Waals surface area contributed by atoms with Crippen LogP contribution in [0.3, 0.4) is 0 Å². The monoisotopic (exact) mass is 464 g/mol. The molecule has 0 radical (unpaired) electrons. The zero-order chi connectivity index (χ0) is 24.1. The summed E-state index contributed by atoms with van der Waals surface area (Å²) in [6, 6.07) is 7.79. The van der Waals surface area contributed by atoms with E-state index in [1.807, 2.05) is 52.1 Å². The van der Waals surface area contributed by atoms with Gasteiger partial charge in [-0.05, 0) is 30.6 Å². The van der Waals surface area contributed by atoms with E-state index in [0.717, 1.165) is 5.56 Å². The van der Waals surface area contributed by atoms with E-state index in [0.29, 0.717) is 5.06 Å². The predicted molar refractivity (Wildman–Crippen MR) is 118 cm³/mol. The Kier molecular flexibility index (Phi) is 8.19. The summed E-state index contributed by atoms with van der Waals surface area (Å²) in [7, 11) is -2.32. The lowest BCUT2D eigenvalue weighted by atomic mass is 10.2. The van der Waals surface area contributed by atoms with Crippen LogP contribution in [-0.4, -0.2) is 49.4 Å². The van der Waals surface area contributed by atoms with Gasteiger partial charge >= 0.3 is 12.1 Å². The molecular weight excluding hydrogens is 432 g/mol. The number of benzene rings is 1. The summed E-state index contributed by atoms with van der Waals surface area (Å²) in [6.07, 6.45) is -1.69. The van der Waals surface area contributed by atoms with Crippen molar-refractivity contribution < 1.29 is 33.2 Å². The number of hydrogen-bond acceptors (Lipinski definition) is 7. The minimum Gasteiger partial charge on any atom is -0.445 e. The Morgan fingerprint density at radius 1 is 1.09 bits per heavy atom. The van der Waals surface area contributed by atoms with Crippen molar-refractivity contribution in [2.75, 3.05) is 0 Å². The molecule has 1 aromatic rings. The molecule has 0 spiro atoms. The molecule has 1 N–H and O–H groups in total. The molecule has 3 amide bonds. The third kappa shape index (κ3) is 6.64. The largest absolute Gasteiger partial charge is 0.445 e. The second kappa shape index (κ2) is 10.3. The maximum absolute atomic E-state index is 12.9. The van der Waals surface area contributed by atoms with Gasteiger partial charge in [0, 0.05) is 12.8 Å². The van der Waals surface area contributed by atoms with Gasteiger partial charge in [-0.3, -0.25) is 9.59 Å². The van der Waals surface area contributed by atoms with E-state index in [9.17, 15) is 19.2 Å². The second-order valence-corrected chi connectivity index (χ2v) is 14.0. The molecule has 9 nitrogen and oxygen atoms in total. The molecule has 32 heavy (non-hydrogen) atoms. The Hall–Kier alpha value is -2.72. The van der Waals surface area contributed by atoms with Crippen LogP contribution in [0.15, 0.2) is 30.3 Å². The highest BCUT2D eigenvalue weighted by molar-refractivity contribution is 6.74. The number of alkyl carbamates (subject to hydrolysis) is 1. The lowest BCUT2D eigenvalue weighted by molar-refractivity contribution is -0.200. The van der Waals surface area contributed by atoms with Gasteiger partial charge in [0.2, 0.25) is 0 Å². The van der Waals surface area contributed by atoms with Gasteiger partial charge < -0.3 is 19.3 Å². The fraction of sp³-hybridized carbons (Fsp3) is 0.545. The van der Waals surface area contributed by atoms with E-state index in [1.165, 1.54) is 0 Å². The molecule has 1 aromatic carbocycles. The zero-order valence-electron chi connectivity index (χ0n) is 19.5. The highest BCUT2D eigenvalue weighted by Gasteiger charge is 2.43.